The highest BCUT2D eigenvalue weighted by Crippen LogP contribution is 2.23. The average molecular weight is 452 g/mol. The zero-order chi connectivity index (χ0) is 19.7. The lowest BCUT2D eigenvalue weighted by Crippen LogP contribution is -2.54. The van der Waals surface area contributed by atoms with Crippen molar-refractivity contribution < 1.29 is 9.59 Å². The lowest BCUT2D eigenvalue weighted by molar-refractivity contribution is -0.122. The van der Waals surface area contributed by atoms with Gasteiger partial charge in [0, 0.05) is 22.1 Å². The molecule has 0 atom stereocenters. The predicted molar refractivity (Wildman–Crippen MR) is 116 cm³/mol. The molecule has 138 valence electrons. The lowest BCUT2D eigenvalue weighted by Gasteiger charge is -2.28. The van der Waals surface area contributed by atoms with Crippen LogP contribution in [-0.2, 0) is 9.59 Å². The van der Waals surface area contributed by atoms with Gasteiger partial charge in [-0.1, -0.05) is 34.1 Å². The van der Waals surface area contributed by atoms with Crippen molar-refractivity contribution in [2.24, 2.45) is 0 Å². The van der Waals surface area contributed by atoms with E-state index in [1.54, 1.807) is 18.2 Å². The van der Waals surface area contributed by atoms with Crippen molar-refractivity contribution in [2.75, 3.05) is 4.90 Å². The highest BCUT2D eigenvalue weighted by molar-refractivity contribution is 9.10. The van der Waals surface area contributed by atoms with Crippen LogP contribution in [0.1, 0.15) is 5.69 Å². The second-order valence-corrected chi connectivity index (χ2v) is 7.38. The summed E-state index contributed by atoms with van der Waals surface area (Å²) in [5, 5.41) is 2.67. The standard InChI is InChI=1S/C21H14BrN3O2S/c22-14-8-10-15(11-9-14)24-12-4-7-17(24)13-18-19(26)23-21(28)25(20(18)27)16-5-2-1-3-6-16/h1-13H,(H,23,26,28)/b18-13-. The van der Waals surface area contributed by atoms with E-state index in [0.717, 1.165) is 10.2 Å². The van der Waals surface area contributed by atoms with E-state index in [9.17, 15) is 9.59 Å². The number of para-hydroxylation sites is 1. The third kappa shape index (κ3) is 3.42. The van der Waals surface area contributed by atoms with Crippen LogP contribution in [0.25, 0.3) is 11.8 Å². The summed E-state index contributed by atoms with van der Waals surface area (Å²) in [5.74, 6) is -0.964. The Morgan fingerprint density at radius 1 is 0.893 bits per heavy atom. The van der Waals surface area contributed by atoms with Crippen LogP contribution in [0.5, 0.6) is 0 Å². The van der Waals surface area contributed by atoms with Crippen molar-refractivity contribution in [2.45, 2.75) is 0 Å². The molecule has 0 aliphatic carbocycles. The first-order chi connectivity index (χ1) is 13.5. The maximum absolute atomic E-state index is 13.1. The normalized spacial score (nSPS) is 15.8. The zero-order valence-corrected chi connectivity index (χ0v) is 16.9. The Balaban J connectivity index is 1.74. The lowest BCUT2D eigenvalue weighted by atomic mass is 10.1. The van der Waals surface area contributed by atoms with E-state index >= 15 is 0 Å². The minimum absolute atomic E-state index is 0.0227. The molecule has 28 heavy (non-hydrogen) atoms. The topological polar surface area (TPSA) is 54.3 Å². The van der Waals surface area contributed by atoms with Crippen LogP contribution in [0.2, 0.25) is 0 Å². The van der Waals surface area contributed by atoms with Gasteiger partial charge in [-0.3, -0.25) is 19.8 Å². The number of thiocarbonyl (C=S) groups is 1. The minimum Gasteiger partial charge on any atom is -0.317 e. The van der Waals surface area contributed by atoms with Crippen LogP contribution in [0, 0.1) is 0 Å². The molecule has 7 heteroatoms. The summed E-state index contributed by atoms with van der Waals surface area (Å²) < 4.78 is 2.87. The Morgan fingerprint density at radius 2 is 1.61 bits per heavy atom. The number of amides is 2. The molecule has 1 aliphatic rings. The molecule has 0 unspecified atom stereocenters. The number of benzene rings is 2. The van der Waals surface area contributed by atoms with Crippen molar-refractivity contribution in [3.63, 3.8) is 0 Å². The number of anilines is 1. The third-order valence-corrected chi connectivity index (χ3v) is 5.11. The average Bonchev–Trinajstić information content (AvgIpc) is 3.15. The highest BCUT2D eigenvalue weighted by Gasteiger charge is 2.34. The third-order valence-electron chi connectivity index (χ3n) is 4.29. The van der Waals surface area contributed by atoms with Crippen LogP contribution in [0.3, 0.4) is 0 Å². The van der Waals surface area contributed by atoms with E-state index in [4.69, 9.17) is 12.2 Å². The molecular weight excluding hydrogens is 438 g/mol. The monoisotopic (exact) mass is 451 g/mol. The molecule has 2 aromatic carbocycles. The van der Waals surface area contributed by atoms with Crippen molar-refractivity contribution in [1.29, 1.82) is 0 Å². The summed E-state index contributed by atoms with van der Waals surface area (Å²) in [6, 6.07) is 20.5. The molecule has 0 saturated carbocycles. The van der Waals surface area contributed by atoms with Gasteiger partial charge in [0.05, 0.1) is 5.69 Å². The van der Waals surface area contributed by atoms with Gasteiger partial charge in [0.1, 0.15) is 5.57 Å². The quantitative estimate of drug-likeness (QED) is 0.371. The molecule has 1 N–H and O–H groups in total. The number of rotatable bonds is 3. The molecule has 0 radical (unpaired) electrons. The summed E-state index contributed by atoms with van der Waals surface area (Å²) in [4.78, 5) is 26.9. The van der Waals surface area contributed by atoms with Crippen LogP contribution in [0.4, 0.5) is 5.69 Å². The summed E-state index contributed by atoms with van der Waals surface area (Å²) >= 11 is 8.64. The smallest absolute Gasteiger partial charge is 0.270 e. The van der Waals surface area contributed by atoms with Gasteiger partial charge in [0.15, 0.2) is 5.11 Å². The molecular formula is C21H14BrN3O2S. The number of nitrogens with zero attached hydrogens (tertiary/aromatic N) is 2. The maximum atomic E-state index is 13.1. The van der Waals surface area contributed by atoms with E-state index < -0.39 is 11.8 Å². The molecule has 0 spiro atoms. The van der Waals surface area contributed by atoms with Gasteiger partial charge in [0.2, 0.25) is 0 Å². The van der Waals surface area contributed by atoms with Crippen molar-refractivity contribution in [1.82, 2.24) is 9.88 Å². The molecule has 1 aliphatic heterocycles. The second kappa shape index (κ2) is 7.53. The van der Waals surface area contributed by atoms with E-state index in [1.807, 2.05) is 65.4 Å². The largest absolute Gasteiger partial charge is 0.317 e. The molecule has 2 amide bonds. The van der Waals surface area contributed by atoms with Gasteiger partial charge in [0.25, 0.3) is 11.8 Å². The van der Waals surface area contributed by atoms with E-state index in [0.29, 0.717) is 11.4 Å². The Hall–Kier alpha value is -3.03. The van der Waals surface area contributed by atoms with Crippen molar-refractivity contribution in [3.8, 4) is 5.69 Å². The molecule has 3 aromatic rings. The molecule has 2 heterocycles. The number of nitrogens with one attached hydrogen (secondary N) is 1. The number of hydrogen-bond acceptors (Lipinski definition) is 3. The van der Waals surface area contributed by atoms with Crippen LogP contribution in [0.15, 0.2) is 83.0 Å². The number of hydrogen-bond donors (Lipinski definition) is 1. The van der Waals surface area contributed by atoms with E-state index in [2.05, 4.69) is 21.2 Å². The molecule has 0 bridgehead atoms. The first-order valence-electron chi connectivity index (χ1n) is 8.44. The molecule has 1 aromatic heterocycles. The Morgan fingerprint density at radius 3 is 2.32 bits per heavy atom. The first-order valence-corrected chi connectivity index (χ1v) is 9.64. The summed E-state index contributed by atoms with van der Waals surface area (Å²) in [6.45, 7) is 0. The van der Waals surface area contributed by atoms with E-state index in [-0.39, 0.29) is 10.7 Å². The fraction of sp³-hybridized carbons (Fsp3) is 0. The fourth-order valence-corrected chi connectivity index (χ4v) is 3.51. The van der Waals surface area contributed by atoms with Crippen LogP contribution >= 0.6 is 28.1 Å². The van der Waals surface area contributed by atoms with Gasteiger partial charge in [-0.15, -0.1) is 0 Å². The molecule has 5 nitrogen and oxygen atoms in total. The van der Waals surface area contributed by atoms with Gasteiger partial charge in [-0.2, -0.15) is 0 Å². The summed E-state index contributed by atoms with van der Waals surface area (Å²) in [5.41, 5.74) is 2.25. The SMILES string of the molecule is O=C1NC(=S)N(c2ccccc2)C(=O)/C1=C\c1cccn1-c1ccc(Br)cc1. The number of aromatic nitrogens is 1. The number of carbonyl (C=O) groups excluding carboxylic acids is 2. The van der Waals surface area contributed by atoms with Crippen LogP contribution in [-0.4, -0.2) is 21.5 Å². The molecule has 4 rings (SSSR count). The van der Waals surface area contributed by atoms with Gasteiger partial charge < -0.3 is 4.57 Å². The summed E-state index contributed by atoms with van der Waals surface area (Å²) in [6.07, 6.45) is 3.46. The van der Waals surface area contributed by atoms with Crippen LogP contribution < -0.4 is 10.2 Å². The van der Waals surface area contributed by atoms with Gasteiger partial charge in [-0.05, 0) is 66.8 Å². The van der Waals surface area contributed by atoms with Crippen molar-refractivity contribution >= 4 is 56.8 Å². The Kier molecular flexibility index (Phi) is 4.93. The molecule has 1 fully saturated rings. The van der Waals surface area contributed by atoms with E-state index in [1.165, 1.54) is 4.90 Å². The highest BCUT2D eigenvalue weighted by atomic mass is 79.9. The number of carbonyl (C=O) groups is 2. The fourth-order valence-electron chi connectivity index (χ4n) is 2.97. The molecule has 1 saturated heterocycles. The number of halogens is 1. The maximum Gasteiger partial charge on any atom is 0.270 e. The summed E-state index contributed by atoms with van der Waals surface area (Å²) in [7, 11) is 0. The van der Waals surface area contributed by atoms with Gasteiger partial charge >= 0.3 is 0 Å². The van der Waals surface area contributed by atoms with Gasteiger partial charge in [-0.25, -0.2) is 0 Å². The zero-order valence-electron chi connectivity index (χ0n) is 14.5. The van der Waals surface area contributed by atoms with Crippen molar-refractivity contribution in [3.05, 3.63) is 88.7 Å². The Labute approximate surface area is 175 Å². The predicted octanol–water partition coefficient (Wildman–Crippen LogP) is 4.07. The Bertz CT molecular complexity index is 1100. The minimum atomic E-state index is -0.509. The first kappa shape index (κ1) is 18.3. The second-order valence-electron chi connectivity index (χ2n) is 6.07.